The fourth-order valence-electron chi connectivity index (χ4n) is 1.38. The molecule has 1 aromatic carbocycles. The maximum atomic E-state index is 10.8. The van der Waals surface area contributed by atoms with Gasteiger partial charge in [0.1, 0.15) is 0 Å². The third kappa shape index (κ3) is 5.82. The van der Waals surface area contributed by atoms with E-state index in [-0.39, 0.29) is 16.8 Å². The predicted octanol–water partition coefficient (Wildman–Crippen LogP) is 3.39. The highest BCUT2D eigenvalue weighted by molar-refractivity contribution is 6.68. The van der Waals surface area contributed by atoms with Gasteiger partial charge in [0.15, 0.2) is 0 Å². The van der Waals surface area contributed by atoms with Crippen LogP contribution >= 0.6 is 23.2 Å². The zero-order valence-corrected chi connectivity index (χ0v) is 12.2. The van der Waals surface area contributed by atoms with Gasteiger partial charge in [0.05, 0.1) is 31.1 Å². The van der Waals surface area contributed by atoms with E-state index in [2.05, 4.69) is 0 Å². The number of alkyl halides is 2. The highest BCUT2D eigenvalue weighted by atomic mass is 35.5. The second kappa shape index (κ2) is 8.47. The van der Waals surface area contributed by atoms with E-state index in [1.807, 2.05) is 0 Å². The summed E-state index contributed by atoms with van der Waals surface area (Å²) in [5.74, 6) is 0. The molecule has 0 aromatic heterocycles. The first-order chi connectivity index (χ1) is 8.61. The van der Waals surface area contributed by atoms with Crippen molar-refractivity contribution < 1.29 is 9.66 Å². The minimum Gasteiger partial charge on any atom is -0.377 e. The molecular formula is C11H13Cl2NO3Si. The van der Waals surface area contributed by atoms with Crippen molar-refractivity contribution in [1.82, 2.24) is 0 Å². The summed E-state index contributed by atoms with van der Waals surface area (Å²) in [4.78, 5) is 10.4. The lowest BCUT2D eigenvalue weighted by Gasteiger charge is -2.05. The molecule has 0 amide bonds. The van der Waals surface area contributed by atoms with Crippen molar-refractivity contribution in [3.63, 3.8) is 0 Å². The van der Waals surface area contributed by atoms with Crippen LogP contribution in [-0.4, -0.2) is 25.5 Å². The number of halogens is 2. The standard InChI is InChI=1S/C11H13Cl2NO3Si/c12-11(13)18-7-3-6-17-8-9-4-1-2-5-10(9)14(15)16/h1-2,4-5,11H,3,6-8H2. The maximum Gasteiger partial charge on any atom is 0.274 e. The number of rotatable bonds is 8. The minimum absolute atomic E-state index is 0.0981. The molecule has 4 nitrogen and oxygen atoms in total. The molecule has 0 saturated carbocycles. The van der Waals surface area contributed by atoms with Crippen molar-refractivity contribution in [3.8, 4) is 0 Å². The van der Waals surface area contributed by atoms with Crippen LogP contribution in [0.15, 0.2) is 24.3 Å². The third-order valence-electron chi connectivity index (χ3n) is 2.21. The summed E-state index contributed by atoms with van der Waals surface area (Å²) < 4.78 is 5.10. The van der Waals surface area contributed by atoms with E-state index in [1.54, 1.807) is 18.2 Å². The van der Waals surface area contributed by atoms with Crippen LogP contribution in [0.2, 0.25) is 6.04 Å². The van der Waals surface area contributed by atoms with Crippen LogP contribution in [-0.2, 0) is 11.3 Å². The number of hydrogen-bond donors (Lipinski definition) is 0. The van der Waals surface area contributed by atoms with Gasteiger partial charge in [-0.15, -0.1) is 23.2 Å². The highest BCUT2D eigenvalue weighted by Gasteiger charge is 2.11. The van der Waals surface area contributed by atoms with Crippen molar-refractivity contribution in [2.24, 2.45) is 0 Å². The van der Waals surface area contributed by atoms with Crippen molar-refractivity contribution in [3.05, 3.63) is 39.9 Å². The summed E-state index contributed by atoms with van der Waals surface area (Å²) in [7, 11) is 0.503. The fraction of sp³-hybridized carbons (Fsp3) is 0.455. The molecule has 1 rings (SSSR count). The molecule has 2 radical (unpaired) electrons. The molecule has 0 N–H and O–H groups in total. The molecule has 0 bridgehead atoms. The molecule has 98 valence electrons. The first kappa shape index (κ1) is 15.4. The Hall–Kier alpha value is -0.623. The van der Waals surface area contributed by atoms with Gasteiger partial charge >= 0.3 is 0 Å². The smallest absolute Gasteiger partial charge is 0.274 e. The monoisotopic (exact) mass is 305 g/mol. The molecule has 0 spiro atoms. The Balaban J connectivity index is 2.29. The molecular weight excluding hydrogens is 293 g/mol. The number of para-hydroxylation sites is 1. The Kier molecular flexibility index (Phi) is 7.27. The maximum absolute atomic E-state index is 10.8. The van der Waals surface area contributed by atoms with Gasteiger partial charge in [-0.1, -0.05) is 18.2 Å². The Morgan fingerprint density at radius 3 is 2.78 bits per heavy atom. The first-order valence-corrected chi connectivity index (χ1v) is 7.58. The summed E-state index contributed by atoms with van der Waals surface area (Å²) in [6.07, 6.45) is 0.856. The number of benzene rings is 1. The SMILES string of the molecule is O=[N+]([O-])c1ccccc1COCCC[Si]C(Cl)Cl. The Labute approximate surface area is 118 Å². The van der Waals surface area contributed by atoms with Crippen LogP contribution in [0.3, 0.4) is 0 Å². The van der Waals surface area contributed by atoms with E-state index >= 15 is 0 Å². The number of ether oxygens (including phenoxy) is 1. The summed E-state index contributed by atoms with van der Waals surface area (Å²) in [6, 6.07) is 7.50. The van der Waals surface area contributed by atoms with Crippen LogP contribution in [0.25, 0.3) is 0 Å². The lowest BCUT2D eigenvalue weighted by Crippen LogP contribution is -2.04. The average molecular weight is 306 g/mol. The Bertz CT molecular complexity index is 390. The number of nitro benzene ring substituents is 1. The van der Waals surface area contributed by atoms with Crippen LogP contribution in [0.1, 0.15) is 12.0 Å². The summed E-state index contributed by atoms with van der Waals surface area (Å²) in [5, 5.41) is 10.8. The van der Waals surface area contributed by atoms with Gasteiger partial charge in [-0.25, -0.2) is 0 Å². The molecule has 0 atom stereocenters. The van der Waals surface area contributed by atoms with E-state index in [0.29, 0.717) is 21.7 Å². The fourth-order valence-corrected chi connectivity index (χ4v) is 2.60. The van der Waals surface area contributed by atoms with Gasteiger partial charge in [-0.3, -0.25) is 10.1 Å². The van der Waals surface area contributed by atoms with Gasteiger partial charge in [0, 0.05) is 12.7 Å². The molecule has 7 heteroatoms. The number of nitro groups is 1. The van der Waals surface area contributed by atoms with E-state index in [1.165, 1.54) is 6.07 Å². The normalized spacial score (nSPS) is 10.8. The van der Waals surface area contributed by atoms with Crippen LogP contribution in [0, 0.1) is 10.1 Å². The minimum atomic E-state index is -0.397. The predicted molar refractivity (Wildman–Crippen MR) is 73.4 cm³/mol. The molecule has 1 aromatic rings. The van der Waals surface area contributed by atoms with Crippen molar-refractivity contribution >= 4 is 38.4 Å². The molecule has 0 saturated heterocycles. The van der Waals surface area contributed by atoms with Gasteiger partial charge in [0.2, 0.25) is 0 Å². The molecule has 0 aliphatic carbocycles. The quantitative estimate of drug-likeness (QED) is 0.243. The molecule has 0 fully saturated rings. The molecule has 0 heterocycles. The lowest BCUT2D eigenvalue weighted by atomic mass is 10.2. The lowest BCUT2D eigenvalue weighted by molar-refractivity contribution is -0.385. The van der Waals surface area contributed by atoms with Crippen LogP contribution in [0.4, 0.5) is 5.69 Å². The van der Waals surface area contributed by atoms with Gasteiger partial charge in [-0.2, -0.15) is 0 Å². The van der Waals surface area contributed by atoms with Crippen molar-refractivity contribution in [2.45, 2.75) is 23.5 Å². The molecule has 18 heavy (non-hydrogen) atoms. The van der Waals surface area contributed by atoms with Gasteiger partial charge in [0.25, 0.3) is 5.69 Å². The van der Waals surface area contributed by atoms with E-state index in [4.69, 9.17) is 27.9 Å². The van der Waals surface area contributed by atoms with Crippen molar-refractivity contribution in [2.75, 3.05) is 6.61 Å². The molecule has 0 aliphatic rings. The number of nitrogens with zero attached hydrogens (tertiary/aromatic N) is 1. The highest BCUT2D eigenvalue weighted by Crippen LogP contribution is 2.18. The summed E-state index contributed by atoms with van der Waals surface area (Å²) in [5.41, 5.74) is 0.693. The largest absolute Gasteiger partial charge is 0.377 e. The van der Waals surface area contributed by atoms with Gasteiger partial charge < -0.3 is 4.74 Å². The second-order valence-corrected chi connectivity index (χ2v) is 6.86. The number of hydrogen-bond acceptors (Lipinski definition) is 3. The average Bonchev–Trinajstić information content (AvgIpc) is 2.33. The summed E-state index contributed by atoms with van der Waals surface area (Å²) in [6.45, 7) is 0.811. The van der Waals surface area contributed by atoms with Gasteiger partial charge in [-0.05, 0) is 12.5 Å². The Morgan fingerprint density at radius 2 is 2.11 bits per heavy atom. The Morgan fingerprint density at radius 1 is 1.39 bits per heavy atom. The molecule has 0 unspecified atom stereocenters. The van der Waals surface area contributed by atoms with E-state index < -0.39 is 4.92 Å². The second-order valence-electron chi connectivity index (χ2n) is 3.55. The van der Waals surface area contributed by atoms with E-state index in [0.717, 1.165) is 12.5 Å². The summed E-state index contributed by atoms with van der Waals surface area (Å²) >= 11 is 11.2. The first-order valence-electron chi connectivity index (χ1n) is 5.43. The molecule has 0 aliphatic heterocycles. The zero-order chi connectivity index (χ0) is 13.4. The third-order valence-corrected chi connectivity index (χ3v) is 4.09. The zero-order valence-electron chi connectivity index (χ0n) is 9.64. The topological polar surface area (TPSA) is 52.4 Å². The van der Waals surface area contributed by atoms with E-state index in [9.17, 15) is 10.1 Å². The van der Waals surface area contributed by atoms with Crippen LogP contribution in [0.5, 0.6) is 0 Å². The van der Waals surface area contributed by atoms with Crippen LogP contribution < -0.4 is 0 Å². The van der Waals surface area contributed by atoms with Crippen molar-refractivity contribution in [1.29, 1.82) is 0 Å².